The van der Waals surface area contributed by atoms with Crippen LogP contribution in [-0.2, 0) is 22.7 Å². The lowest BCUT2D eigenvalue weighted by molar-refractivity contribution is 0.0581. The van der Waals surface area contributed by atoms with Crippen molar-refractivity contribution in [2.24, 2.45) is 0 Å². The molecule has 5 rings (SSSR count). The van der Waals surface area contributed by atoms with Gasteiger partial charge in [0.1, 0.15) is 0 Å². The lowest BCUT2D eigenvalue weighted by Crippen LogP contribution is -2.52. The summed E-state index contributed by atoms with van der Waals surface area (Å²) >= 11 is 0. The Morgan fingerprint density at radius 1 is 0.968 bits per heavy atom. The maximum Gasteiger partial charge on any atom is 0.274 e. The Labute approximate surface area is 183 Å². The van der Waals surface area contributed by atoms with Crippen molar-refractivity contribution in [2.75, 3.05) is 37.7 Å². The molecule has 3 aliphatic rings. The van der Waals surface area contributed by atoms with E-state index < -0.39 is 9.84 Å². The van der Waals surface area contributed by atoms with Gasteiger partial charge in [-0.15, -0.1) is 0 Å². The number of aromatic nitrogens is 2. The van der Waals surface area contributed by atoms with Crippen molar-refractivity contribution in [3.05, 3.63) is 47.3 Å². The Balaban J connectivity index is 1.36. The molecule has 7 nitrogen and oxygen atoms in total. The molecular weight excluding hydrogens is 412 g/mol. The molecule has 8 heteroatoms. The number of piperazine rings is 1. The normalized spacial score (nSPS) is 24.0. The SMILES string of the molecule is O=C(c1nn(-c2ccccc2)c2c1CCCCC2)N1CCN(C2CCS(=O)(=O)C2)CC1. The van der Waals surface area contributed by atoms with Gasteiger partial charge in [-0.05, 0) is 44.2 Å². The van der Waals surface area contributed by atoms with Crippen LogP contribution >= 0.6 is 0 Å². The largest absolute Gasteiger partial charge is 0.335 e. The minimum Gasteiger partial charge on any atom is -0.335 e. The van der Waals surface area contributed by atoms with E-state index in [1.165, 1.54) is 12.1 Å². The standard InChI is InChI=1S/C23H30N4O3S/c28-23(26-14-12-25(13-15-26)19-11-16-31(29,30)17-19)22-20-9-5-2-6-10-21(20)27(24-22)18-7-3-1-4-8-18/h1,3-4,7-8,19H,2,5-6,9-17H2. The summed E-state index contributed by atoms with van der Waals surface area (Å²) in [5.74, 6) is 0.571. The van der Waals surface area contributed by atoms with E-state index in [9.17, 15) is 13.2 Å². The number of hydrogen-bond acceptors (Lipinski definition) is 5. The molecule has 0 spiro atoms. The molecule has 1 atom stereocenters. The third-order valence-corrected chi connectivity index (χ3v) is 8.71. The molecule has 3 heterocycles. The number of amides is 1. The van der Waals surface area contributed by atoms with E-state index in [-0.39, 0.29) is 17.7 Å². The molecule has 1 amide bonds. The van der Waals surface area contributed by atoms with Crippen molar-refractivity contribution < 1.29 is 13.2 Å². The number of hydrogen-bond donors (Lipinski definition) is 0. The fourth-order valence-corrected chi connectivity index (χ4v) is 7.00. The second-order valence-corrected chi connectivity index (χ2v) is 11.2. The molecule has 1 unspecified atom stereocenters. The van der Waals surface area contributed by atoms with Crippen LogP contribution in [0.1, 0.15) is 47.4 Å². The van der Waals surface area contributed by atoms with E-state index >= 15 is 0 Å². The highest BCUT2D eigenvalue weighted by atomic mass is 32.2. The van der Waals surface area contributed by atoms with E-state index in [2.05, 4.69) is 4.90 Å². The Hall–Kier alpha value is -2.19. The third-order valence-electron chi connectivity index (χ3n) is 6.96. The van der Waals surface area contributed by atoms with Crippen LogP contribution < -0.4 is 0 Å². The summed E-state index contributed by atoms with van der Waals surface area (Å²) in [7, 11) is -2.89. The minimum atomic E-state index is -2.89. The summed E-state index contributed by atoms with van der Waals surface area (Å²) in [6.45, 7) is 2.71. The number of carbonyl (C=O) groups excluding carboxylic acids is 1. The van der Waals surface area contributed by atoms with Crippen LogP contribution in [0.25, 0.3) is 5.69 Å². The predicted octanol–water partition coefficient (Wildman–Crippen LogP) is 2.09. The average Bonchev–Trinajstić information content (AvgIpc) is 3.24. The highest BCUT2D eigenvalue weighted by Crippen LogP contribution is 2.28. The zero-order valence-corrected chi connectivity index (χ0v) is 18.7. The molecule has 1 aromatic carbocycles. The van der Waals surface area contributed by atoms with Crippen LogP contribution in [0.2, 0.25) is 0 Å². The number of rotatable bonds is 3. The van der Waals surface area contributed by atoms with Crippen LogP contribution in [-0.4, -0.2) is 77.6 Å². The molecule has 0 radical (unpaired) electrons. The second kappa shape index (κ2) is 8.39. The van der Waals surface area contributed by atoms with Gasteiger partial charge in [0.25, 0.3) is 5.91 Å². The molecule has 2 saturated heterocycles. The van der Waals surface area contributed by atoms with Crippen LogP contribution in [0.3, 0.4) is 0 Å². The van der Waals surface area contributed by atoms with Gasteiger partial charge in [-0.2, -0.15) is 5.10 Å². The molecule has 0 N–H and O–H groups in total. The topological polar surface area (TPSA) is 75.5 Å². The van der Waals surface area contributed by atoms with E-state index in [0.717, 1.165) is 50.0 Å². The fourth-order valence-electron chi connectivity index (χ4n) is 5.23. The molecular formula is C23H30N4O3S. The van der Waals surface area contributed by atoms with Crippen molar-refractivity contribution >= 4 is 15.7 Å². The molecule has 1 aliphatic carbocycles. The van der Waals surface area contributed by atoms with Gasteiger partial charge in [0.2, 0.25) is 0 Å². The Morgan fingerprint density at radius 3 is 2.42 bits per heavy atom. The first kappa shape index (κ1) is 20.7. The number of sulfone groups is 1. The summed E-state index contributed by atoms with van der Waals surface area (Å²) in [6.07, 6.45) is 5.97. The highest BCUT2D eigenvalue weighted by Gasteiger charge is 2.35. The monoisotopic (exact) mass is 442 g/mol. The number of benzene rings is 1. The van der Waals surface area contributed by atoms with E-state index in [1.807, 2.05) is 39.9 Å². The number of fused-ring (bicyclic) bond motifs is 1. The van der Waals surface area contributed by atoms with Crippen molar-refractivity contribution in [1.82, 2.24) is 19.6 Å². The van der Waals surface area contributed by atoms with Gasteiger partial charge in [-0.25, -0.2) is 13.1 Å². The number of carbonyl (C=O) groups is 1. The molecule has 2 fully saturated rings. The second-order valence-electron chi connectivity index (χ2n) is 8.97. The average molecular weight is 443 g/mol. The zero-order chi connectivity index (χ0) is 21.4. The maximum atomic E-state index is 13.5. The number of para-hydroxylation sites is 1. The Kier molecular flexibility index (Phi) is 5.60. The quantitative estimate of drug-likeness (QED) is 0.681. The van der Waals surface area contributed by atoms with E-state index in [4.69, 9.17) is 5.10 Å². The molecule has 1 aromatic heterocycles. The Bertz CT molecular complexity index is 1060. The summed E-state index contributed by atoms with van der Waals surface area (Å²) in [4.78, 5) is 17.6. The van der Waals surface area contributed by atoms with Crippen LogP contribution in [0.15, 0.2) is 30.3 Å². The van der Waals surface area contributed by atoms with E-state index in [0.29, 0.717) is 31.0 Å². The first-order chi connectivity index (χ1) is 15.0. The molecule has 2 aliphatic heterocycles. The summed E-state index contributed by atoms with van der Waals surface area (Å²) in [5, 5.41) is 4.83. The van der Waals surface area contributed by atoms with Crippen molar-refractivity contribution in [1.29, 1.82) is 0 Å². The maximum absolute atomic E-state index is 13.5. The first-order valence-electron chi connectivity index (χ1n) is 11.4. The molecule has 31 heavy (non-hydrogen) atoms. The lowest BCUT2D eigenvalue weighted by Gasteiger charge is -2.37. The predicted molar refractivity (Wildman–Crippen MR) is 119 cm³/mol. The smallest absolute Gasteiger partial charge is 0.274 e. The molecule has 166 valence electrons. The highest BCUT2D eigenvalue weighted by molar-refractivity contribution is 7.91. The van der Waals surface area contributed by atoms with Gasteiger partial charge in [-0.1, -0.05) is 24.6 Å². The van der Waals surface area contributed by atoms with Gasteiger partial charge < -0.3 is 4.90 Å². The summed E-state index contributed by atoms with van der Waals surface area (Å²) < 4.78 is 25.6. The number of nitrogens with zero attached hydrogens (tertiary/aromatic N) is 4. The van der Waals surface area contributed by atoms with Crippen LogP contribution in [0, 0.1) is 0 Å². The van der Waals surface area contributed by atoms with Gasteiger partial charge >= 0.3 is 0 Å². The van der Waals surface area contributed by atoms with Gasteiger partial charge in [-0.3, -0.25) is 9.69 Å². The van der Waals surface area contributed by atoms with Crippen molar-refractivity contribution in [2.45, 2.75) is 44.6 Å². The van der Waals surface area contributed by atoms with Gasteiger partial charge in [0, 0.05) is 43.5 Å². The third kappa shape index (κ3) is 4.15. The molecule has 0 saturated carbocycles. The summed E-state index contributed by atoms with van der Waals surface area (Å²) in [6, 6.07) is 10.2. The zero-order valence-electron chi connectivity index (χ0n) is 17.9. The lowest BCUT2D eigenvalue weighted by atomic mass is 10.1. The van der Waals surface area contributed by atoms with Crippen LogP contribution in [0.4, 0.5) is 0 Å². The van der Waals surface area contributed by atoms with Gasteiger partial charge in [0.15, 0.2) is 15.5 Å². The minimum absolute atomic E-state index is 0.0199. The fraction of sp³-hybridized carbons (Fsp3) is 0.565. The van der Waals surface area contributed by atoms with Crippen molar-refractivity contribution in [3.8, 4) is 5.69 Å². The summed E-state index contributed by atoms with van der Waals surface area (Å²) in [5.41, 5.74) is 3.92. The van der Waals surface area contributed by atoms with Gasteiger partial charge in [0.05, 0.1) is 17.2 Å². The van der Waals surface area contributed by atoms with Crippen LogP contribution in [0.5, 0.6) is 0 Å². The molecule has 2 aromatic rings. The first-order valence-corrected chi connectivity index (χ1v) is 13.2. The molecule has 0 bridgehead atoms. The van der Waals surface area contributed by atoms with E-state index in [1.54, 1.807) is 0 Å². The Morgan fingerprint density at radius 2 is 1.71 bits per heavy atom. The van der Waals surface area contributed by atoms with Crippen molar-refractivity contribution in [3.63, 3.8) is 0 Å².